The zero-order chi connectivity index (χ0) is 106. The molecule has 0 unspecified atom stereocenters. The molecule has 9 aromatic carbocycles. The van der Waals surface area contributed by atoms with Gasteiger partial charge in [0, 0.05) is 11.1 Å². The molecule has 7 aliphatic rings. The van der Waals surface area contributed by atoms with Gasteiger partial charge in [-0.05, 0) is 371 Å². The second kappa shape index (κ2) is 63.9. The van der Waals surface area contributed by atoms with Crippen molar-refractivity contribution >= 4 is 0 Å². The molecular weight excluding hydrogens is 1880 g/mol. The van der Waals surface area contributed by atoms with Crippen molar-refractivity contribution in [3.05, 3.63) is 238 Å². The minimum atomic E-state index is -0.967. The molecule has 8 nitrogen and oxygen atoms in total. The normalized spacial score (nSPS) is 22.2. The lowest BCUT2D eigenvalue weighted by Gasteiger charge is -2.38. The average Bonchev–Trinajstić information content (AvgIpc) is 0.799. The van der Waals surface area contributed by atoms with Crippen molar-refractivity contribution < 1.29 is 81.8 Å². The van der Waals surface area contributed by atoms with Gasteiger partial charge in [0.25, 0.3) is 0 Å². The van der Waals surface area contributed by atoms with Crippen LogP contribution in [-0.2, 0) is 6.42 Å². The fourth-order valence-electron chi connectivity index (χ4n) is 24.1. The van der Waals surface area contributed by atoms with Crippen molar-refractivity contribution in [3.8, 4) is 79.4 Å². The number of benzene rings is 9. The summed E-state index contributed by atoms with van der Waals surface area (Å²) in [7, 11) is 0. The quantitative estimate of drug-likeness (QED) is 0.0352. The zero-order valence-electron chi connectivity index (χ0n) is 91.5. The predicted octanol–water partition coefficient (Wildman–Crippen LogP) is 39.3. The van der Waals surface area contributed by atoms with Crippen LogP contribution in [0.3, 0.4) is 0 Å². The van der Waals surface area contributed by atoms with Crippen LogP contribution in [0.5, 0.6) is 46.0 Å². The summed E-state index contributed by atoms with van der Waals surface area (Å²) in [4.78, 5) is 0. The Morgan fingerprint density at radius 3 is 0.736 bits per heavy atom. The van der Waals surface area contributed by atoms with E-state index in [1.54, 1.807) is 39.8 Å². The molecular formula is C130H176F10O8. The van der Waals surface area contributed by atoms with Crippen molar-refractivity contribution in [1.29, 1.82) is 0 Å². The van der Waals surface area contributed by atoms with Crippen molar-refractivity contribution in [2.45, 2.75) is 365 Å². The molecule has 16 rings (SSSR count). The summed E-state index contributed by atoms with van der Waals surface area (Å²) in [5.41, 5.74) is 9.95. The van der Waals surface area contributed by atoms with Crippen LogP contribution < -0.4 is 37.9 Å². The minimum absolute atomic E-state index is 0.00141. The van der Waals surface area contributed by atoms with E-state index in [9.17, 15) is 43.9 Å². The Morgan fingerprint density at radius 1 is 0.209 bits per heavy atom. The van der Waals surface area contributed by atoms with Crippen LogP contribution in [0.15, 0.2) is 158 Å². The lowest BCUT2D eigenvalue weighted by atomic mass is 9.69. The largest absolute Gasteiger partial charge is 0.491 e. The molecule has 0 spiro atoms. The van der Waals surface area contributed by atoms with Gasteiger partial charge in [-0.2, -0.15) is 35.1 Å². The summed E-state index contributed by atoms with van der Waals surface area (Å²) < 4.78 is 184. The molecule has 148 heavy (non-hydrogen) atoms. The average molecular weight is 2060 g/mol. The van der Waals surface area contributed by atoms with Crippen molar-refractivity contribution in [3.63, 3.8) is 0 Å². The highest BCUT2D eigenvalue weighted by molar-refractivity contribution is 5.68. The van der Waals surface area contributed by atoms with Crippen LogP contribution in [0, 0.1) is 136 Å². The Bertz CT molecular complexity index is 5250. The molecule has 0 atom stereocenters. The Morgan fingerprint density at radius 2 is 0.453 bits per heavy atom. The molecule has 9 aromatic rings. The summed E-state index contributed by atoms with van der Waals surface area (Å²) in [6.45, 7) is 27.6. The first-order chi connectivity index (χ1) is 71.9. The monoisotopic (exact) mass is 2060 g/mol. The lowest BCUT2D eigenvalue weighted by Crippen LogP contribution is -2.27. The van der Waals surface area contributed by atoms with Gasteiger partial charge in [0.05, 0.1) is 52.9 Å². The molecule has 814 valence electrons. The Labute approximate surface area is 882 Å². The molecule has 0 radical (unpaired) electrons. The number of unbranched alkanes of at least 4 members (excludes halogenated alkanes) is 1. The van der Waals surface area contributed by atoms with Gasteiger partial charge < -0.3 is 37.9 Å². The van der Waals surface area contributed by atoms with Gasteiger partial charge in [-0.25, -0.2) is 8.78 Å². The van der Waals surface area contributed by atoms with Crippen molar-refractivity contribution in [2.24, 2.45) is 71.0 Å². The maximum absolute atomic E-state index is 14.5. The Hall–Kier alpha value is -9.32. The number of aryl methyl sites for hydroxylation is 2. The fourth-order valence-corrected chi connectivity index (χ4v) is 24.1. The predicted molar refractivity (Wildman–Crippen MR) is 586 cm³/mol. The van der Waals surface area contributed by atoms with Crippen LogP contribution >= 0.6 is 0 Å². The first kappa shape index (κ1) is 119. The molecule has 0 aromatic heterocycles. The molecule has 0 bridgehead atoms. The van der Waals surface area contributed by atoms with Gasteiger partial charge in [-0.1, -0.05) is 267 Å². The maximum Gasteiger partial charge on any atom is 0.204 e. The summed E-state index contributed by atoms with van der Waals surface area (Å²) in [6.07, 6.45) is 53.5. The second-order valence-corrected chi connectivity index (χ2v) is 43.4. The van der Waals surface area contributed by atoms with E-state index in [2.05, 4.69) is 121 Å². The molecule has 7 fully saturated rings. The van der Waals surface area contributed by atoms with Crippen LogP contribution in [0.25, 0.3) is 33.4 Å². The minimum Gasteiger partial charge on any atom is -0.491 e. The number of rotatable bonds is 40. The highest BCUT2D eigenvalue weighted by Gasteiger charge is 2.36. The highest BCUT2D eigenvalue weighted by atomic mass is 19.2. The number of hydrogen-bond donors (Lipinski definition) is 0. The molecule has 0 amide bonds. The summed E-state index contributed by atoms with van der Waals surface area (Å²) >= 11 is 0. The van der Waals surface area contributed by atoms with Gasteiger partial charge in [0.15, 0.2) is 57.6 Å². The van der Waals surface area contributed by atoms with E-state index in [4.69, 9.17) is 37.9 Å². The van der Waals surface area contributed by atoms with Gasteiger partial charge in [0.1, 0.15) is 0 Å². The summed E-state index contributed by atoms with van der Waals surface area (Å²) in [5, 5.41) is 0. The fraction of sp³-hybridized carbons (Fsp3) is 0.585. The SMILES string of the molecule is CCCC1CCC(C2CCC(COc3ccc(OCC)c(F)c3F)CC2)CC1.CCCC1CCC(COc2ccc(OCC)c(F)c2F)CC1.CCCC1CCC(c2ccc(-c3ccc(OCC)c(F)c3F)cc2)CC1.CCCCC1CCC(C2CCC(COc3ccc(OCC)c(F)c3F)CC2)CC1.CCCOc1ccc(-c2ccc(C3CCC(CCC)CC3)cc2)c(F)c1F.CCCc1ccc(-c2ccc(C)cc2)cc1. The zero-order valence-corrected chi connectivity index (χ0v) is 91.5. The molecule has 7 saturated carbocycles. The van der Waals surface area contributed by atoms with Gasteiger partial charge in [-0.3, -0.25) is 0 Å². The topological polar surface area (TPSA) is 73.8 Å². The molecule has 7 aliphatic carbocycles. The standard InChI is InChI=1S/C25H38F2O2.C24H36F2O2.C24H30F2O.C23H28F2O.C18H26F2O2.C16H18/c1-3-5-6-18-7-11-20(12-8-18)21-13-9-19(10-14-21)17-29-23-16-15-22(28-4-2)24(26)25(23)27;1-3-5-17-6-10-19(11-7-17)20-12-8-18(9-13-20)16-28-22-15-14-21(27-4-2)23(25)24(22)26;1-3-5-17-6-8-18(9-7-17)19-10-12-20(13-11-19)21-14-15-22(27-16-4-2)24(26)23(21)25;1-3-5-16-6-8-17(9-7-16)18-10-12-19(13-11-18)20-14-15-21(26-4-2)23(25)22(20)24;1-3-5-13-6-8-14(9-7-13)12-22-16-11-10-15(21-4-2)17(19)18(16)20;1-3-4-14-7-11-16(12-8-14)15-9-5-13(2)6-10-15/h15-16,18-21H,3-14,17H2,1-2H3;14-15,17-20H,3-13,16H2,1-2H3;10-15,17-18H,3-9,16H2,1-2H3;10-17H,3-9H2,1-2H3;10-11,13-14H,3-9,12H2,1-2H3;5-12H,3-4H2,1-2H3. The second-order valence-electron chi connectivity index (χ2n) is 43.4. The van der Waals surface area contributed by atoms with E-state index in [1.165, 1.54) is 307 Å². The van der Waals surface area contributed by atoms with Crippen LogP contribution in [-0.4, -0.2) is 52.9 Å². The van der Waals surface area contributed by atoms with Crippen LogP contribution in [0.4, 0.5) is 43.9 Å². The Kier molecular flexibility index (Phi) is 51.3. The highest BCUT2D eigenvalue weighted by Crippen LogP contribution is 2.48. The van der Waals surface area contributed by atoms with E-state index < -0.39 is 58.2 Å². The number of ether oxygens (including phenoxy) is 8. The van der Waals surface area contributed by atoms with E-state index >= 15 is 0 Å². The maximum atomic E-state index is 14.5. The number of hydrogen-bond acceptors (Lipinski definition) is 8. The van der Waals surface area contributed by atoms with E-state index in [1.807, 2.05) is 31.2 Å². The van der Waals surface area contributed by atoms with Gasteiger partial charge >= 0.3 is 0 Å². The third-order valence-corrected chi connectivity index (χ3v) is 32.8. The van der Waals surface area contributed by atoms with Gasteiger partial charge in [0.2, 0.25) is 46.5 Å². The van der Waals surface area contributed by atoms with E-state index in [0.717, 1.165) is 98.2 Å². The van der Waals surface area contributed by atoms with E-state index in [-0.39, 0.29) is 57.1 Å². The smallest absolute Gasteiger partial charge is 0.204 e. The molecule has 18 heteroatoms. The third-order valence-electron chi connectivity index (χ3n) is 32.8. The first-order valence-corrected chi connectivity index (χ1v) is 57.7. The van der Waals surface area contributed by atoms with Crippen LogP contribution in [0.1, 0.15) is 374 Å². The first-order valence-electron chi connectivity index (χ1n) is 57.7. The number of halogens is 10. The van der Waals surface area contributed by atoms with Crippen molar-refractivity contribution in [2.75, 3.05) is 52.9 Å². The van der Waals surface area contributed by atoms with Crippen LogP contribution in [0.2, 0.25) is 0 Å². The summed E-state index contributed by atoms with van der Waals surface area (Å²) in [6, 6.07) is 48.5. The molecule has 0 saturated heterocycles. The van der Waals surface area contributed by atoms with E-state index in [0.29, 0.717) is 93.6 Å². The van der Waals surface area contributed by atoms with Gasteiger partial charge in [-0.15, -0.1) is 0 Å². The van der Waals surface area contributed by atoms with Crippen molar-refractivity contribution in [1.82, 2.24) is 0 Å². The molecule has 0 heterocycles. The third kappa shape index (κ3) is 36.2. The summed E-state index contributed by atoms with van der Waals surface area (Å²) in [5.74, 6) is 1.16. The lowest BCUT2D eigenvalue weighted by molar-refractivity contribution is 0.120. The molecule has 0 aliphatic heterocycles. The molecule has 0 N–H and O–H groups in total. The Balaban J connectivity index is 0.000000170.